The second-order valence-electron chi connectivity index (χ2n) is 6.82. The number of aryl methyl sites for hydroxylation is 1. The van der Waals surface area contributed by atoms with Gasteiger partial charge in [0, 0.05) is 0 Å². The van der Waals surface area contributed by atoms with E-state index in [-0.39, 0.29) is 5.57 Å². The summed E-state index contributed by atoms with van der Waals surface area (Å²) in [5.41, 5.74) is 0.582. The largest absolute Gasteiger partial charge is 0.503 e. The van der Waals surface area contributed by atoms with E-state index in [9.17, 15) is 14.7 Å². The number of anilines is 1. The highest BCUT2D eigenvalue weighted by Gasteiger charge is 2.46. The van der Waals surface area contributed by atoms with Crippen LogP contribution in [0.1, 0.15) is 40.1 Å². The number of thiophene rings is 1. The zero-order valence-electron chi connectivity index (χ0n) is 17.7. The van der Waals surface area contributed by atoms with Gasteiger partial charge in [0.15, 0.2) is 17.3 Å². The molecule has 0 saturated carbocycles. The Hall–Kier alpha value is -3.24. The molecule has 1 amide bonds. The second-order valence-corrected chi connectivity index (χ2v) is 8.93. The number of aliphatic hydroxyl groups is 1. The van der Waals surface area contributed by atoms with Gasteiger partial charge in [0.1, 0.15) is 5.01 Å². The molecule has 0 spiro atoms. The third-order valence-corrected chi connectivity index (χ3v) is 6.51. The molecule has 0 aliphatic carbocycles. The fourth-order valence-electron chi connectivity index (χ4n) is 3.51. The monoisotopic (exact) mass is 471 g/mol. The number of carbonyl (C=O) groups excluding carboxylic acids is 2. The molecular weight excluding hydrogens is 450 g/mol. The van der Waals surface area contributed by atoms with Crippen molar-refractivity contribution < 1.29 is 24.2 Å². The van der Waals surface area contributed by atoms with Crippen molar-refractivity contribution in [2.45, 2.75) is 26.8 Å². The van der Waals surface area contributed by atoms with Crippen molar-refractivity contribution in [2.75, 3.05) is 18.1 Å². The fourth-order valence-corrected chi connectivity index (χ4v) is 4.90. The molecule has 3 aromatic rings. The summed E-state index contributed by atoms with van der Waals surface area (Å²) in [7, 11) is 0. The molecule has 1 atom stereocenters. The number of ketones is 1. The third kappa shape index (κ3) is 3.87. The van der Waals surface area contributed by atoms with Crippen LogP contribution in [0, 0.1) is 6.92 Å². The topological polar surface area (TPSA) is 102 Å². The fraction of sp³-hybridized carbons (Fsp3) is 0.273. The molecule has 1 N–H and O–H groups in total. The molecule has 8 nitrogen and oxygen atoms in total. The van der Waals surface area contributed by atoms with Crippen molar-refractivity contribution >= 4 is 39.5 Å². The Morgan fingerprint density at radius 2 is 1.91 bits per heavy atom. The van der Waals surface area contributed by atoms with Gasteiger partial charge < -0.3 is 14.6 Å². The predicted octanol–water partition coefficient (Wildman–Crippen LogP) is 4.49. The number of hydrogen-bond donors (Lipinski definition) is 1. The summed E-state index contributed by atoms with van der Waals surface area (Å²) in [6, 6.07) is 7.74. The Balaban J connectivity index is 1.87. The highest BCUT2D eigenvalue weighted by molar-refractivity contribution is 7.15. The minimum Gasteiger partial charge on any atom is -0.503 e. The van der Waals surface area contributed by atoms with Crippen LogP contribution in [0.5, 0.6) is 11.5 Å². The number of aromatic nitrogens is 2. The Morgan fingerprint density at radius 1 is 1.16 bits per heavy atom. The summed E-state index contributed by atoms with van der Waals surface area (Å²) in [4.78, 5) is 28.2. The molecular formula is C22H21N3O5S2. The molecule has 166 valence electrons. The van der Waals surface area contributed by atoms with Crippen LogP contribution in [0.3, 0.4) is 0 Å². The smallest absolute Gasteiger partial charge is 0.296 e. The summed E-state index contributed by atoms with van der Waals surface area (Å²) >= 11 is 2.45. The van der Waals surface area contributed by atoms with Crippen molar-refractivity contribution in [1.82, 2.24) is 10.2 Å². The van der Waals surface area contributed by atoms with Crippen molar-refractivity contribution in [3.05, 3.63) is 62.5 Å². The van der Waals surface area contributed by atoms with Gasteiger partial charge in [-0.2, -0.15) is 0 Å². The summed E-state index contributed by atoms with van der Waals surface area (Å²) in [5, 5.41) is 21.6. The Bertz CT molecular complexity index is 1190. The molecule has 0 saturated heterocycles. The minimum atomic E-state index is -0.890. The van der Waals surface area contributed by atoms with Gasteiger partial charge in [0.05, 0.1) is 29.7 Å². The lowest BCUT2D eigenvalue weighted by atomic mass is 9.95. The van der Waals surface area contributed by atoms with E-state index in [1.807, 2.05) is 13.8 Å². The van der Waals surface area contributed by atoms with E-state index in [0.29, 0.717) is 45.3 Å². The number of amides is 1. The van der Waals surface area contributed by atoms with E-state index in [2.05, 4.69) is 10.2 Å². The molecule has 0 radical (unpaired) electrons. The average molecular weight is 472 g/mol. The van der Waals surface area contributed by atoms with Gasteiger partial charge in [-0.25, -0.2) is 0 Å². The van der Waals surface area contributed by atoms with Crippen molar-refractivity contribution in [1.29, 1.82) is 0 Å². The van der Waals surface area contributed by atoms with E-state index < -0.39 is 23.5 Å². The number of rotatable bonds is 8. The van der Waals surface area contributed by atoms with Gasteiger partial charge >= 0.3 is 0 Å². The first-order chi connectivity index (χ1) is 15.5. The minimum absolute atomic E-state index is 0.00286. The van der Waals surface area contributed by atoms with E-state index >= 15 is 0 Å². The van der Waals surface area contributed by atoms with Crippen LogP contribution in [-0.2, 0) is 4.79 Å². The molecule has 1 unspecified atom stereocenters. The molecule has 0 bridgehead atoms. The quantitative estimate of drug-likeness (QED) is 0.483. The molecule has 2 aromatic heterocycles. The Kier molecular flexibility index (Phi) is 6.24. The van der Waals surface area contributed by atoms with Gasteiger partial charge in [-0.05, 0) is 49.9 Å². The highest BCUT2D eigenvalue weighted by atomic mass is 32.1. The number of hydrogen-bond acceptors (Lipinski definition) is 9. The van der Waals surface area contributed by atoms with Crippen molar-refractivity contribution in [3.63, 3.8) is 0 Å². The van der Waals surface area contributed by atoms with Crippen molar-refractivity contribution in [3.8, 4) is 11.5 Å². The average Bonchev–Trinajstić information content (AvgIpc) is 3.51. The number of nitrogens with zero attached hydrogens (tertiary/aromatic N) is 3. The first-order valence-electron chi connectivity index (χ1n) is 10.0. The number of carbonyl (C=O) groups is 2. The number of Topliss-reactive ketones (excluding diaryl/α,β-unsaturated/α-hetero) is 1. The number of ether oxygens (including phenoxy) is 2. The highest BCUT2D eigenvalue weighted by Crippen LogP contribution is 2.44. The van der Waals surface area contributed by atoms with Gasteiger partial charge in [-0.15, -0.1) is 21.5 Å². The zero-order chi connectivity index (χ0) is 22.8. The van der Waals surface area contributed by atoms with Crippen LogP contribution < -0.4 is 14.4 Å². The lowest BCUT2D eigenvalue weighted by Crippen LogP contribution is -2.31. The summed E-state index contributed by atoms with van der Waals surface area (Å²) in [6.07, 6.45) is 0. The molecule has 10 heteroatoms. The van der Waals surface area contributed by atoms with Crippen LogP contribution in [-0.4, -0.2) is 40.2 Å². The maximum absolute atomic E-state index is 13.3. The first kappa shape index (κ1) is 22.0. The van der Waals surface area contributed by atoms with Crippen LogP contribution in [0.2, 0.25) is 0 Å². The lowest BCUT2D eigenvalue weighted by molar-refractivity contribution is -0.117. The number of benzene rings is 1. The lowest BCUT2D eigenvalue weighted by Gasteiger charge is -2.25. The van der Waals surface area contributed by atoms with Gasteiger partial charge in [-0.1, -0.05) is 23.5 Å². The Morgan fingerprint density at radius 3 is 2.53 bits per heavy atom. The van der Waals surface area contributed by atoms with Gasteiger partial charge in [0.25, 0.3) is 5.91 Å². The van der Waals surface area contributed by atoms with Gasteiger partial charge in [0.2, 0.25) is 10.9 Å². The maximum Gasteiger partial charge on any atom is 0.296 e. The van der Waals surface area contributed by atoms with Gasteiger partial charge in [-0.3, -0.25) is 14.5 Å². The molecule has 3 heterocycles. The zero-order valence-corrected chi connectivity index (χ0v) is 19.3. The summed E-state index contributed by atoms with van der Waals surface area (Å²) < 4.78 is 11.4. The van der Waals surface area contributed by atoms with E-state index in [1.54, 1.807) is 42.6 Å². The standard InChI is InChI=1S/C22H21N3O5S2/c1-4-29-14-9-8-13(11-15(14)30-5-2)18-17(19(26)16-7-6-10-31-16)20(27)21(28)25(18)22-24-23-12(3)32-22/h6-11,18,27H,4-5H2,1-3H3. The van der Waals surface area contributed by atoms with Crippen LogP contribution in [0.4, 0.5) is 5.13 Å². The molecule has 32 heavy (non-hydrogen) atoms. The van der Waals surface area contributed by atoms with Crippen LogP contribution in [0.25, 0.3) is 0 Å². The van der Waals surface area contributed by atoms with Crippen LogP contribution in [0.15, 0.2) is 47.0 Å². The van der Waals surface area contributed by atoms with Crippen LogP contribution >= 0.6 is 22.7 Å². The second kappa shape index (κ2) is 9.09. The SMILES string of the molecule is CCOc1ccc(C2C(C(=O)c3cccs3)=C(O)C(=O)N2c2nnc(C)s2)cc1OCC. The van der Waals surface area contributed by atoms with Crippen molar-refractivity contribution in [2.24, 2.45) is 0 Å². The molecule has 1 aliphatic heterocycles. The molecule has 1 aromatic carbocycles. The first-order valence-corrected chi connectivity index (χ1v) is 11.7. The summed E-state index contributed by atoms with van der Waals surface area (Å²) in [5.74, 6) is -0.653. The molecule has 0 fully saturated rings. The maximum atomic E-state index is 13.3. The summed E-state index contributed by atoms with van der Waals surface area (Å²) in [6.45, 7) is 6.37. The predicted molar refractivity (Wildman–Crippen MR) is 122 cm³/mol. The molecule has 4 rings (SSSR count). The van der Waals surface area contributed by atoms with E-state index in [1.165, 1.54) is 27.6 Å². The van der Waals surface area contributed by atoms with E-state index in [0.717, 1.165) is 0 Å². The number of aliphatic hydroxyl groups excluding tert-OH is 1. The van der Waals surface area contributed by atoms with E-state index in [4.69, 9.17) is 9.47 Å². The normalized spacial score (nSPS) is 16.0. The third-order valence-electron chi connectivity index (χ3n) is 4.80. The Labute approximate surface area is 192 Å². The molecule has 1 aliphatic rings.